The Morgan fingerprint density at radius 3 is 2.86 bits per heavy atom. The van der Waals surface area contributed by atoms with E-state index in [4.69, 9.17) is 0 Å². The van der Waals surface area contributed by atoms with E-state index in [0.717, 1.165) is 25.7 Å². The Labute approximate surface area is 126 Å². The molecule has 2 unspecified atom stereocenters. The second-order valence-electron chi connectivity index (χ2n) is 5.93. The summed E-state index contributed by atoms with van der Waals surface area (Å²) in [6.45, 7) is 0.137. The molecule has 1 heterocycles. The van der Waals surface area contributed by atoms with Gasteiger partial charge in [0.05, 0.1) is 5.56 Å². The first-order valence-corrected chi connectivity index (χ1v) is 7.67. The average Bonchev–Trinajstić information content (AvgIpc) is 2.72. The Kier molecular flexibility index (Phi) is 5.56. The molecule has 1 aliphatic rings. The highest BCUT2D eigenvalue weighted by atomic mass is 16.3. The van der Waals surface area contributed by atoms with Gasteiger partial charge in [0.25, 0.3) is 5.91 Å². The van der Waals surface area contributed by atoms with E-state index in [1.807, 2.05) is 19.0 Å². The Hall–Kier alpha value is -1.62. The predicted octanol–water partition coefficient (Wildman–Crippen LogP) is 1.82. The van der Waals surface area contributed by atoms with Crippen LogP contribution < -0.4 is 10.2 Å². The molecule has 2 rings (SSSR count). The molecule has 1 aromatic rings. The van der Waals surface area contributed by atoms with E-state index < -0.39 is 0 Å². The summed E-state index contributed by atoms with van der Waals surface area (Å²) in [6, 6.07) is 3.63. The number of aromatic nitrogens is 1. The zero-order chi connectivity index (χ0) is 15.2. The number of hydrogen-bond acceptors (Lipinski definition) is 4. The van der Waals surface area contributed by atoms with Crippen molar-refractivity contribution in [2.45, 2.75) is 38.1 Å². The molecule has 1 saturated carbocycles. The molecule has 5 nitrogen and oxygen atoms in total. The van der Waals surface area contributed by atoms with Crippen molar-refractivity contribution in [1.29, 1.82) is 0 Å². The fourth-order valence-electron chi connectivity index (χ4n) is 2.97. The zero-order valence-electron chi connectivity index (χ0n) is 12.9. The molecule has 0 radical (unpaired) electrons. The lowest BCUT2D eigenvalue weighted by Crippen LogP contribution is -2.41. The summed E-state index contributed by atoms with van der Waals surface area (Å²) in [6.07, 6.45) is 7.03. The summed E-state index contributed by atoms with van der Waals surface area (Å²) < 4.78 is 0. The average molecular weight is 291 g/mol. The van der Waals surface area contributed by atoms with Crippen molar-refractivity contribution in [3.8, 4) is 0 Å². The molecule has 21 heavy (non-hydrogen) atoms. The van der Waals surface area contributed by atoms with Crippen molar-refractivity contribution in [3.05, 3.63) is 23.9 Å². The van der Waals surface area contributed by atoms with Gasteiger partial charge in [0.2, 0.25) is 0 Å². The van der Waals surface area contributed by atoms with Gasteiger partial charge in [0.15, 0.2) is 0 Å². The Balaban J connectivity index is 2.13. The van der Waals surface area contributed by atoms with Gasteiger partial charge in [0.1, 0.15) is 5.82 Å². The van der Waals surface area contributed by atoms with Crippen molar-refractivity contribution in [2.24, 2.45) is 5.92 Å². The van der Waals surface area contributed by atoms with Crippen LogP contribution in [0, 0.1) is 5.92 Å². The maximum Gasteiger partial charge on any atom is 0.255 e. The third kappa shape index (κ3) is 3.94. The second-order valence-corrected chi connectivity index (χ2v) is 5.93. The fraction of sp³-hybridized carbons (Fsp3) is 0.625. The van der Waals surface area contributed by atoms with Crippen LogP contribution in [0.15, 0.2) is 18.3 Å². The molecule has 5 heteroatoms. The van der Waals surface area contributed by atoms with Crippen LogP contribution in [0.5, 0.6) is 0 Å². The Bertz CT molecular complexity index is 476. The van der Waals surface area contributed by atoms with Gasteiger partial charge in [-0.05, 0) is 25.0 Å². The van der Waals surface area contributed by atoms with E-state index in [-0.39, 0.29) is 24.5 Å². The van der Waals surface area contributed by atoms with Gasteiger partial charge in [-0.1, -0.05) is 19.3 Å². The van der Waals surface area contributed by atoms with Gasteiger partial charge >= 0.3 is 0 Å². The molecular weight excluding hydrogens is 266 g/mol. The molecule has 0 bridgehead atoms. The van der Waals surface area contributed by atoms with Crippen molar-refractivity contribution in [2.75, 3.05) is 25.6 Å². The van der Waals surface area contributed by atoms with Crippen LogP contribution in [0.4, 0.5) is 5.82 Å². The molecule has 1 fully saturated rings. The quantitative estimate of drug-likeness (QED) is 0.831. The molecule has 116 valence electrons. The van der Waals surface area contributed by atoms with E-state index in [0.29, 0.717) is 11.4 Å². The van der Waals surface area contributed by atoms with Crippen molar-refractivity contribution in [1.82, 2.24) is 10.3 Å². The molecule has 0 aliphatic heterocycles. The molecule has 1 aliphatic carbocycles. The van der Waals surface area contributed by atoms with Crippen LogP contribution >= 0.6 is 0 Å². The monoisotopic (exact) mass is 291 g/mol. The summed E-state index contributed by atoms with van der Waals surface area (Å²) >= 11 is 0. The number of nitrogens with one attached hydrogen (secondary N) is 1. The molecule has 0 spiro atoms. The smallest absolute Gasteiger partial charge is 0.255 e. The Morgan fingerprint density at radius 2 is 2.14 bits per heavy atom. The van der Waals surface area contributed by atoms with Crippen LogP contribution in [0.2, 0.25) is 0 Å². The molecule has 2 N–H and O–H groups in total. The SMILES string of the molecule is CN(C)c1ncccc1C(=O)NC1CCCCCC1CO. The number of amides is 1. The van der Waals surface area contributed by atoms with Crippen LogP contribution in [-0.4, -0.2) is 42.7 Å². The Morgan fingerprint density at radius 1 is 1.38 bits per heavy atom. The second kappa shape index (κ2) is 7.41. The first-order valence-electron chi connectivity index (χ1n) is 7.67. The topological polar surface area (TPSA) is 65.5 Å². The van der Waals surface area contributed by atoms with Crippen molar-refractivity contribution >= 4 is 11.7 Å². The first kappa shape index (κ1) is 15.8. The maximum absolute atomic E-state index is 12.6. The zero-order valence-corrected chi connectivity index (χ0v) is 12.9. The molecular formula is C16H25N3O2. The number of aliphatic hydroxyl groups excluding tert-OH is 1. The van der Waals surface area contributed by atoms with Crippen LogP contribution in [-0.2, 0) is 0 Å². The van der Waals surface area contributed by atoms with Crippen LogP contribution in [0.3, 0.4) is 0 Å². The van der Waals surface area contributed by atoms with Gasteiger partial charge in [-0.15, -0.1) is 0 Å². The highest BCUT2D eigenvalue weighted by molar-refractivity contribution is 5.99. The lowest BCUT2D eigenvalue weighted by Gasteiger charge is -2.25. The number of anilines is 1. The van der Waals surface area contributed by atoms with Gasteiger partial charge < -0.3 is 15.3 Å². The van der Waals surface area contributed by atoms with E-state index in [1.165, 1.54) is 6.42 Å². The van der Waals surface area contributed by atoms with Gasteiger partial charge in [-0.25, -0.2) is 4.98 Å². The predicted molar refractivity (Wildman–Crippen MR) is 83.5 cm³/mol. The minimum atomic E-state index is -0.0999. The first-order chi connectivity index (χ1) is 10.1. The van der Waals surface area contributed by atoms with E-state index in [9.17, 15) is 9.90 Å². The summed E-state index contributed by atoms with van der Waals surface area (Å²) in [5.41, 5.74) is 0.587. The number of carbonyl (C=O) groups is 1. The van der Waals surface area contributed by atoms with Gasteiger partial charge in [-0.2, -0.15) is 0 Å². The highest BCUT2D eigenvalue weighted by Crippen LogP contribution is 2.24. The summed E-state index contributed by atoms with van der Waals surface area (Å²) in [5, 5.41) is 12.6. The number of aliphatic hydroxyl groups is 1. The number of nitrogens with zero attached hydrogens (tertiary/aromatic N) is 2. The third-order valence-corrected chi connectivity index (χ3v) is 4.16. The van der Waals surface area contributed by atoms with E-state index >= 15 is 0 Å². The summed E-state index contributed by atoms with van der Waals surface area (Å²) in [4.78, 5) is 18.7. The molecule has 1 aromatic heterocycles. The summed E-state index contributed by atoms with van der Waals surface area (Å²) in [5.74, 6) is 0.734. The fourth-order valence-corrected chi connectivity index (χ4v) is 2.97. The lowest BCUT2D eigenvalue weighted by molar-refractivity contribution is 0.0899. The number of carbonyl (C=O) groups excluding carboxylic acids is 1. The number of hydrogen-bond donors (Lipinski definition) is 2. The molecule has 0 aromatic carbocycles. The van der Waals surface area contributed by atoms with E-state index in [1.54, 1.807) is 18.3 Å². The molecule has 2 atom stereocenters. The minimum Gasteiger partial charge on any atom is -0.396 e. The normalized spacial score (nSPS) is 22.4. The lowest BCUT2D eigenvalue weighted by atomic mass is 9.95. The third-order valence-electron chi connectivity index (χ3n) is 4.16. The van der Waals surface area contributed by atoms with Crippen molar-refractivity contribution in [3.63, 3.8) is 0 Å². The highest BCUT2D eigenvalue weighted by Gasteiger charge is 2.26. The number of pyridine rings is 1. The van der Waals surface area contributed by atoms with Gasteiger partial charge in [0, 0.05) is 38.9 Å². The largest absolute Gasteiger partial charge is 0.396 e. The van der Waals surface area contributed by atoms with Gasteiger partial charge in [-0.3, -0.25) is 4.79 Å². The van der Waals surface area contributed by atoms with Crippen LogP contribution in [0.25, 0.3) is 0 Å². The maximum atomic E-state index is 12.6. The molecule has 0 saturated heterocycles. The van der Waals surface area contributed by atoms with Crippen molar-refractivity contribution < 1.29 is 9.90 Å². The minimum absolute atomic E-state index is 0.0558. The van der Waals surface area contributed by atoms with Crippen LogP contribution in [0.1, 0.15) is 42.5 Å². The molecule has 1 amide bonds. The van der Waals surface area contributed by atoms with E-state index in [2.05, 4.69) is 10.3 Å². The summed E-state index contributed by atoms with van der Waals surface area (Å²) in [7, 11) is 3.75. The standard InChI is InChI=1S/C16H25N3O2/c1-19(2)15-13(8-6-10-17-15)16(21)18-14-9-5-3-4-7-12(14)11-20/h6,8,10,12,14,20H,3-5,7,9,11H2,1-2H3,(H,18,21). The number of rotatable bonds is 4.